The number of aliphatic carboxylic acids is 1. The van der Waals surface area contributed by atoms with Gasteiger partial charge in [-0.3, -0.25) is 0 Å². The minimum absolute atomic E-state index is 0.00772. The Morgan fingerprint density at radius 3 is 2.76 bits per heavy atom. The molecule has 7 nitrogen and oxygen atoms in total. The predicted molar refractivity (Wildman–Crippen MR) is 75.6 cm³/mol. The van der Waals surface area contributed by atoms with E-state index in [2.05, 4.69) is 5.10 Å². The minimum Gasteiger partial charge on any atom is -0.495 e. The van der Waals surface area contributed by atoms with E-state index in [-0.39, 0.29) is 18.7 Å². The zero-order valence-corrected chi connectivity index (χ0v) is 11.8. The number of carboxylic acids is 1. The molecule has 1 aromatic rings. The zero-order chi connectivity index (χ0) is 15.4. The van der Waals surface area contributed by atoms with Gasteiger partial charge in [-0.15, -0.1) is 0 Å². The first-order valence-corrected chi connectivity index (χ1v) is 6.48. The van der Waals surface area contributed by atoms with Crippen LogP contribution in [-0.4, -0.2) is 42.5 Å². The van der Waals surface area contributed by atoms with E-state index in [1.807, 2.05) is 0 Å². The minimum atomic E-state index is -1.07. The van der Waals surface area contributed by atoms with Gasteiger partial charge in [0.1, 0.15) is 17.1 Å². The van der Waals surface area contributed by atoms with Crippen LogP contribution in [0.4, 0.5) is 5.69 Å². The summed E-state index contributed by atoms with van der Waals surface area (Å²) in [6.45, 7) is 1.89. The van der Waals surface area contributed by atoms with Gasteiger partial charge >= 0.3 is 11.9 Å². The molecule has 21 heavy (non-hydrogen) atoms. The van der Waals surface area contributed by atoms with Gasteiger partial charge in [0, 0.05) is 6.42 Å². The molecule has 112 valence electrons. The Bertz CT molecular complexity index is 584. The first kappa shape index (κ1) is 14.8. The number of hydrogen-bond donors (Lipinski definition) is 1. The molecule has 1 aromatic carbocycles. The van der Waals surface area contributed by atoms with Gasteiger partial charge in [0.25, 0.3) is 0 Å². The van der Waals surface area contributed by atoms with E-state index in [0.717, 1.165) is 0 Å². The first-order valence-electron chi connectivity index (χ1n) is 6.48. The summed E-state index contributed by atoms with van der Waals surface area (Å²) in [4.78, 5) is 23.1. The second kappa shape index (κ2) is 6.25. The second-order valence-electron chi connectivity index (χ2n) is 4.34. The zero-order valence-electron chi connectivity index (χ0n) is 11.8. The summed E-state index contributed by atoms with van der Waals surface area (Å²) in [6, 6.07) is 5.94. The summed E-state index contributed by atoms with van der Waals surface area (Å²) >= 11 is 0. The summed E-state index contributed by atoms with van der Waals surface area (Å²) in [6.07, 6.45) is -0.00772. The van der Waals surface area contributed by atoms with Crippen LogP contribution in [0.1, 0.15) is 13.3 Å². The van der Waals surface area contributed by atoms with E-state index in [0.29, 0.717) is 11.4 Å². The maximum Gasteiger partial charge on any atom is 0.354 e. The highest BCUT2D eigenvalue weighted by atomic mass is 16.5. The number of methoxy groups -OCH3 is 1. The summed E-state index contributed by atoms with van der Waals surface area (Å²) in [5.74, 6) is -1.18. The average Bonchev–Trinajstić information content (AvgIpc) is 2.92. The van der Waals surface area contributed by atoms with Crippen molar-refractivity contribution in [3.8, 4) is 5.75 Å². The van der Waals surface area contributed by atoms with Gasteiger partial charge in [0.15, 0.2) is 6.04 Å². The lowest BCUT2D eigenvalue weighted by atomic mass is 10.1. The van der Waals surface area contributed by atoms with Crippen LogP contribution in [-0.2, 0) is 14.3 Å². The van der Waals surface area contributed by atoms with Crippen molar-refractivity contribution in [2.45, 2.75) is 19.4 Å². The van der Waals surface area contributed by atoms with E-state index in [9.17, 15) is 14.7 Å². The predicted octanol–water partition coefficient (Wildman–Crippen LogP) is 1.28. The maximum atomic E-state index is 11.7. The quantitative estimate of drug-likeness (QED) is 0.822. The third kappa shape index (κ3) is 2.96. The maximum absolute atomic E-state index is 11.7. The number of nitrogens with zero attached hydrogens (tertiary/aromatic N) is 2. The second-order valence-corrected chi connectivity index (χ2v) is 4.34. The SMILES string of the molecule is CCOC(=O)C1=NN(c2ccccc2OC)C(C(=O)O)C1. The number of para-hydroxylation sites is 2. The van der Waals surface area contributed by atoms with E-state index in [4.69, 9.17) is 9.47 Å². The fraction of sp³-hybridized carbons (Fsp3) is 0.357. The molecule has 0 saturated heterocycles. The van der Waals surface area contributed by atoms with Crippen LogP contribution in [0, 0.1) is 0 Å². The van der Waals surface area contributed by atoms with Gasteiger partial charge in [0.05, 0.1) is 13.7 Å². The van der Waals surface area contributed by atoms with Crippen molar-refractivity contribution in [2.75, 3.05) is 18.7 Å². The Labute approximate surface area is 121 Å². The van der Waals surface area contributed by atoms with Gasteiger partial charge in [-0.25, -0.2) is 14.6 Å². The van der Waals surface area contributed by atoms with Crippen LogP contribution in [0.2, 0.25) is 0 Å². The molecule has 1 unspecified atom stereocenters. The number of carboxylic acid groups (broad SMARTS) is 1. The molecular weight excluding hydrogens is 276 g/mol. The monoisotopic (exact) mass is 292 g/mol. The molecule has 0 spiro atoms. The molecule has 0 aliphatic carbocycles. The lowest BCUT2D eigenvalue weighted by Gasteiger charge is -2.21. The number of ether oxygens (including phenoxy) is 2. The van der Waals surface area contributed by atoms with Crippen LogP contribution in [0.15, 0.2) is 29.4 Å². The van der Waals surface area contributed by atoms with Gasteiger partial charge < -0.3 is 14.6 Å². The van der Waals surface area contributed by atoms with Gasteiger partial charge in [0.2, 0.25) is 0 Å². The summed E-state index contributed by atoms with van der Waals surface area (Å²) < 4.78 is 10.1. The highest BCUT2D eigenvalue weighted by Gasteiger charge is 2.37. The van der Waals surface area contributed by atoms with Crippen LogP contribution in [0.5, 0.6) is 5.75 Å². The molecule has 7 heteroatoms. The number of carbonyl (C=O) groups is 2. The van der Waals surface area contributed by atoms with Crippen molar-refractivity contribution in [2.24, 2.45) is 5.10 Å². The molecule has 1 N–H and O–H groups in total. The fourth-order valence-corrected chi connectivity index (χ4v) is 2.08. The van der Waals surface area contributed by atoms with Crippen molar-refractivity contribution >= 4 is 23.3 Å². The normalized spacial score (nSPS) is 17.3. The first-order chi connectivity index (χ1) is 10.1. The van der Waals surface area contributed by atoms with Crippen LogP contribution >= 0.6 is 0 Å². The molecule has 1 atom stereocenters. The van der Waals surface area contributed by atoms with Gasteiger partial charge in [-0.1, -0.05) is 12.1 Å². The Kier molecular flexibility index (Phi) is 4.42. The average molecular weight is 292 g/mol. The van der Waals surface area contributed by atoms with Crippen LogP contribution in [0.25, 0.3) is 0 Å². The van der Waals surface area contributed by atoms with E-state index < -0.39 is 18.0 Å². The number of esters is 1. The van der Waals surface area contributed by atoms with Crippen molar-refractivity contribution in [3.05, 3.63) is 24.3 Å². The molecular formula is C14H16N2O5. The van der Waals surface area contributed by atoms with Crippen molar-refractivity contribution in [3.63, 3.8) is 0 Å². The molecule has 0 amide bonds. The molecule has 0 aromatic heterocycles. The highest BCUT2D eigenvalue weighted by Crippen LogP contribution is 2.33. The Morgan fingerprint density at radius 1 is 1.43 bits per heavy atom. The summed E-state index contributed by atoms with van der Waals surface area (Å²) in [5.41, 5.74) is 0.585. The van der Waals surface area contributed by atoms with Crippen molar-refractivity contribution in [1.29, 1.82) is 0 Å². The molecule has 0 saturated carbocycles. The highest BCUT2D eigenvalue weighted by molar-refractivity contribution is 6.38. The summed E-state index contributed by atoms with van der Waals surface area (Å²) in [5, 5.41) is 14.7. The molecule has 2 rings (SSSR count). The Hall–Kier alpha value is -2.57. The van der Waals surface area contributed by atoms with Crippen LogP contribution in [0.3, 0.4) is 0 Å². The molecule has 1 aliphatic heterocycles. The molecule has 1 heterocycles. The fourth-order valence-electron chi connectivity index (χ4n) is 2.08. The van der Waals surface area contributed by atoms with E-state index >= 15 is 0 Å². The number of carbonyl (C=O) groups excluding carboxylic acids is 1. The number of rotatable bonds is 5. The van der Waals surface area contributed by atoms with Crippen molar-refractivity contribution in [1.82, 2.24) is 0 Å². The molecule has 0 fully saturated rings. The Balaban J connectivity index is 2.37. The topological polar surface area (TPSA) is 88.4 Å². The smallest absolute Gasteiger partial charge is 0.354 e. The number of benzene rings is 1. The van der Waals surface area contributed by atoms with E-state index in [1.165, 1.54) is 12.1 Å². The molecule has 0 radical (unpaired) electrons. The van der Waals surface area contributed by atoms with E-state index in [1.54, 1.807) is 31.2 Å². The summed E-state index contributed by atoms with van der Waals surface area (Å²) in [7, 11) is 1.49. The number of hydrazone groups is 1. The third-order valence-electron chi connectivity index (χ3n) is 3.04. The molecule has 0 bridgehead atoms. The Morgan fingerprint density at radius 2 is 2.14 bits per heavy atom. The van der Waals surface area contributed by atoms with Crippen molar-refractivity contribution < 1.29 is 24.2 Å². The third-order valence-corrected chi connectivity index (χ3v) is 3.04. The number of hydrogen-bond acceptors (Lipinski definition) is 6. The lowest BCUT2D eigenvalue weighted by molar-refractivity contribution is -0.138. The standard InChI is InChI=1S/C14H16N2O5/c1-3-21-14(19)9-8-11(13(17)18)16(15-9)10-6-4-5-7-12(10)20-2/h4-7,11H,3,8H2,1-2H3,(H,17,18). The van der Waals surface area contributed by atoms with Gasteiger partial charge in [-0.2, -0.15) is 5.10 Å². The number of anilines is 1. The largest absolute Gasteiger partial charge is 0.495 e. The van der Waals surface area contributed by atoms with Crippen LogP contribution < -0.4 is 9.75 Å². The lowest BCUT2D eigenvalue weighted by Crippen LogP contribution is -2.34. The van der Waals surface area contributed by atoms with Gasteiger partial charge in [-0.05, 0) is 19.1 Å². The molecule has 1 aliphatic rings.